The smallest absolute Gasteiger partial charge is 0.333 e. The number of carbonyl (C=O) groups is 2. The molecule has 0 aliphatic carbocycles. The Balaban J connectivity index is 1.94. The fourth-order valence-corrected chi connectivity index (χ4v) is 3.50. The van der Waals surface area contributed by atoms with Crippen LogP contribution in [0.5, 0.6) is 0 Å². The van der Waals surface area contributed by atoms with Gasteiger partial charge in [-0.1, -0.05) is 17.7 Å². The minimum absolute atomic E-state index is 0.0207. The van der Waals surface area contributed by atoms with Crippen LogP contribution < -0.4 is 0 Å². The molecule has 1 amide bonds. The molecule has 6 nitrogen and oxygen atoms in total. The summed E-state index contributed by atoms with van der Waals surface area (Å²) in [6, 6.07) is 3.33. The first-order valence-corrected chi connectivity index (χ1v) is 8.32. The van der Waals surface area contributed by atoms with Crippen LogP contribution >= 0.6 is 11.6 Å². The van der Waals surface area contributed by atoms with Crippen LogP contribution in [-0.2, 0) is 14.3 Å². The van der Waals surface area contributed by atoms with Crippen molar-refractivity contribution >= 4 is 23.5 Å². The molecule has 0 spiro atoms. The Bertz CT molecular complexity index is 680. The lowest BCUT2D eigenvalue weighted by atomic mass is 9.84. The monoisotopic (exact) mass is 350 g/mol. The molecule has 1 N–H and O–H groups in total. The first-order valence-electron chi connectivity index (χ1n) is 7.95. The maximum Gasteiger partial charge on any atom is 0.333 e. The van der Waals surface area contributed by atoms with Crippen LogP contribution in [0.4, 0.5) is 0 Å². The van der Waals surface area contributed by atoms with Crippen LogP contribution in [-0.4, -0.2) is 46.1 Å². The molecule has 1 aromatic rings. The molecular weight excluding hydrogens is 332 g/mol. The zero-order valence-corrected chi connectivity index (χ0v) is 14.1. The van der Waals surface area contributed by atoms with E-state index in [0.717, 1.165) is 12.8 Å². The largest absolute Gasteiger partial charge is 0.478 e. The molecule has 0 saturated carbocycles. The predicted octanol–water partition coefficient (Wildman–Crippen LogP) is 2.59. The number of aliphatic carboxylic acids is 1. The third-order valence-corrected chi connectivity index (χ3v) is 4.84. The van der Waals surface area contributed by atoms with Gasteiger partial charge in [0, 0.05) is 30.8 Å². The molecular formula is C17H19ClN2O4. The van der Waals surface area contributed by atoms with Gasteiger partial charge in [-0.05, 0) is 31.4 Å². The number of carbonyl (C=O) groups excluding carboxylic acids is 1. The molecule has 128 valence electrons. The number of carboxylic acid groups (broad SMARTS) is 1. The third kappa shape index (κ3) is 3.30. The van der Waals surface area contributed by atoms with Crippen LogP contribution in [0.15, 0.2) is 29.6 Å². The van der Waals surface area contributed by atoms with Crippen LogP contribution in [0.2, 0.25) is 5.15 Å². The van der Waals surface area contributed by atoms with Gasteiger partial charge in [0.05, 0.1) is 18.2 Å². The van der Waals surface area contributed by atoms with Gasteiger partial charge in [0.15, 0.2) is 0 Å². The number of aromatic nitrogens is 1. The summed E-state index contributed by atoms with van der Waals surface area (Å²) >= 11 is 5.80. The van der Waals surface area contributed by atoms with Gasteiger partial charge in [0.2, 0.25) is 5.91 Å². The second kappa shape index (κ2) is 6.91. The minimum atomic E-state index is -1.02. The van der Waals surface area contributed by atoms with E-state index in [-0.39, 0.29) is 24.0 Å². The lowest BCUT2D eigenvalue weighted by molar-refractivity contribution is -0.135. The molecule has 0 unspecified atom stereocenters. The predicted molar refractivity (Wildman–Crippen MR) is 87.6 cm³/mol. The highest BCUT2D eigenvalue weighted by atomic mass is 35.5. The average molecular weight is 351 g/mol. The Morgan fingerprint density at radius 1 is 1.50 bits per heavy atom. The molecule has 1 saturated heterocycles. The van der Waals surface area contributed by atoms with E-state index >= 15 is 0 Å². The molecule has 3 heterocycles. The van der Waals surface area contributed by atoms with E-state index in [1.807, 2.05) is 0 Å². The highest BCUT2D eigenvalue weighted by Gasteiger charge is 2.37. The number of allylic oxidation sites excluding steroid dienone is 1. The number of carboxylic acids is 1. The van der Waals surface area contributed by atoms with E-state index in [1.165, 1.54) is 6.20 Å². The highest BCUT2D eigenvalue weighted by molar-refractivity contribution is 6.29. The maximum atomic E-state index is 12.6. The fraction of sp³-hybridized carbons (Fsp3) is 0.471. The topological polar surface area (TPSA) is 79.7 Å². The van der Waals surface area contributed by atoms with E-state index < -0.39 is 11.9 Å². The maximum absolute atomic E-state index is 12.6. The summed E-state index contributed by atoms with van der Waals surface area (Å²) in [7, 11) is 0. The fourth-order valence-electron chi connectivity index (χ4n) is 3.38. The standard InChI is InChI=1S/C17H19ClN2O4/c1-10-16(17(22)23)13(11-4-5-14(18)19-8-11)7-15(21)20(10)9-12-3-2-6-24-12/h4-5,8,12-13H,2-3,6-7,9H2,1H3,(H,22,23)/t12-,13+/m0/s1. The van der Waals surface area contributed by atoms with Crippen LogP contribution in [0.3, 0.4) is 0 Å². The molecule has 24 heavy (non-hydrogen) atoms. The summed E-state index contributed by atoms with van der Waals surface area (Å²) < 4.78 is 5.58. The van der Waals surface area contributed by atoms with Gasteiger partial charge in [-0.3, -0.25) is 4.79 Å². The van der Waals surface area contributed by atoms with Gasteiger partial charge in [0.25, 0.3) is 0 Å². The Labute approximate surface area is 145 Å². The second-order valence-corrected chi connectivity index (χ2v) is 6.50. The lowest BCUT2D eigenvalue weighted by Crippen LogP contribution is -2.41. The van der Waals surface area contributed by atoms with Crippen molar-refractivity contribution in [3.8, 4) is 0 Å². The van der Waals surface area contributed by atoms with Gasteiger partial charge < -0.3 is 14.7 Å². The normalized spacial score (nSPS) is 24.6. The Morgan fingerprint density at radius 2 is 2.29 bits per heavy atom. The number of hydrogen-bond acceptors (Lipinski definition) is 4. The molecule has 1 fully saturated rings. The molecule has 2 aliphatic heterocycles. The highest BCUT2D eigenvalue weighted by Crippen LogP contribution is 2.37. The van der Waals surface area contributed by atoms with E-state index in [2.05, 4.69) is 4.98 Å². The Kier molecular flexibility index (Phi) is 4.87. The molecule has 2 atom stereocenters. The average Bonchev–Trinajstić information content (AvgIpc) is 3.04. The molecule has 0 radical (unpaired) electrons. The first-order chi connectivity index (χ1) is 11.5. The van der Waals surface area contributed by atoms with Gasteiger partial charge in [-0.15, -0.1) is 0 Å². The number of ether oxygens (including phenoxy) is 1. The van der Waals surface area contributed by atoms with Crippen molar-refractivity contribution in [3.05, 3.63) is 40.3 Å². The molecule has 2 aliphatic rings. The number of rotatable bonds is 4. The summed E-state index contributed by atoms with van der Waals surface area (Å²) in [6.45, 7) is 2.79. The number of halogens is 1. The van der Waals surface area contributed by atoms with Crippen molar-refractivity contribution in [2.45, 2.75) is 38.2 Å². The molecule has 1 aromatic heterocycles. The van der Waals surface area contributed by atoms with Crippen molar-refractivity contribution in [2.75, 3.05) is 13.2 Å². The van der Waals surface area contributed by atoms with E-state index in [9.17, 15) is 14.7 Å². The number of nitrogens with zero attached hydrogens (tertiary/aromatic N) is 2. The van der Waals surface area contributed by atoms with Crippen molar-refractivity contribution in [2.24, 2.45) is 0 Å². The van der Waals surface area contributed by atoms with Crippen LogP contribution in [0, 0.1) is 0 Å². The van der Waals surface area contributed by atoms with Crippen molar-refractivity contribution in [1.29, 1.82) is 0 Å². The lowest BCUT2D eigenvalue weighted by Gasteiger charge is -2.35. The Hall–Kier alpha value is -1.92. The second-order valence-electron chi connectivity index (χ2n) is 6.11. The third-order valence-electron chi connectivity index (χ3n) is 4.62. The van der Waals surface area contributed by atoms with Gasteiger partial charge >= 0.3 is 5.97 Å². The van der Waals surface area contributed by atoms with Crippen molar-refractivity contribution in [3.63, 3.8) is 0 Å². The summed E-state index contributed by atoms with van der Waals surface area (Å²) in [6.07, 6.45) is 3.48. The van der Waals surface area contributed by atoms with E-state index in [0.29, 0.717) is 29.6 Å². The summed E-state index contributed by atoms with van der Waals surface area (Å²) in [5.74, 6) is -1.62. The first kappa shape index (κ1) is 16.9. The van der Waals surface area contributed by atoms with Gasteiger partial charge in [-0.2, -0.15) is 0 Å². The van der Waals surface area contributed by atoms with E-state index in [1.54, 1.807) is 24.0 Å². The zero-order valence-electron chi connectivity index (χ0n) is 13.4. The quantitative estimate of drug-likeness (QED) is 0.844. The van der Waals surface area contributed by atoms with Gasteiger partial charge in [0.1, 0.15) is 5.15 Å². The summed E-state index contributed by atoms with van der Waals surface area (Å²) in [4.78, 5) is 30.0. The van der Waals surface area contributed by atoms with Crippen molar-refractivity contribution in [1.82, 2.24) is 9.88 Å². The Morgan fingerprint density at radius 3 is 2.88 bits per heavy atom. The number of pyridine rings is 1. The van der Waals surface area contributed by atoms with Crippen LogP contribution in [0.1, 0.15) is 37.7 Å². The number of hydrogen-bond donors (Lipinski definition) is 1. The van der Waals surface area contributed by atoms with Crippen LogP contribution in [0.25, 0.3) is 0 Å². The van der Waals surface area contributed by atoms with E-state index in [4.69, 9.17) is 16.3 Å². The summed E-state index contributed by atoms with van der Waals surface area (Å²) in [5, 5.41) is 10.0. The zero-order chi connectivity index (χ0) is 17.3. The van der Waals surface area contributed by atoms with Crippen molar-refractivity contribution < 1.29 is 19.4 Å². The molecule has 3 rings (SSSR count). The molecule has 7 heteroatoms. The number of amides is 1. The SMILES string of the molecule is CC1=C(C(=O)O)[C@@H](c2ccc(Cl)nc2)CC(=O)N1C[C@@H]1CCCO1. The summed E-state index contributed by atoms with van der Waals surface area (Å²) in [5.41, 5.74) is 1.40. The molecule has 0 bridgehead atoms. The minimum Gasteiger partial charge on any atom is -0.478 e. The molecule has 0 aromatic carbocycles. The van der Waals surface area contributed by atoms with Gasteiger partial charge in [-0.25, -0.2) is 9.78 Å².